The fourth-order valence-corrected chi connectivity index (χ4v) is 10.7. The third-order valence-electron chi connectivity index (χ3n) is 13.9. The first-order valence-electron chi connectivity index (χ1n) is 25.7. The summed E-state index contributed by atoms with van der Waals surface area (Å²) in [4.78, 5) is 64.0. The van der Waals surface area contributed by atoms with Crippen molar-refractivity contribution >= 4 is 46.2 Å². The predicted octanol–water partition coefficient (Wildman–Crippen LogP) is 12.2. The second-order valence-electron chi connectivity index (χ2n) is 21.1. The second kappa shape index (κ2) is 23.6. The largest absolute Gasteiger partial charge is 0.445 e. The Bertz CT molecular complexity index is 2900. The minimum Gasteiger partial charge on any atom is -0.445 e. The van der Waals surface area contributed by atoms with Gasteiger partial charge in [-0.1, -0.05) is 74.5 Å². The van der Waals surface area contributed by atoms with Gasteiger partial charge in [-0.2, -0.15) is 0 Å². The standard InChI is InChI=1S/C28H34FN3O5.C28H32FN3O4.C2H6/c1-28(2,3)37-27(34)32-13-12-24(35-4)25(32)22(21-15-30-23-14-19(29)10-11-20(21)23)16-31-26(33)36-17-18-8-6-5-7-9-18;1-27(2,3)36-26(34)32-13-12-24-28(32,4)22(21-15-30-23-14-19(29)10-11-20(21)23)16-31(24)25(33)35-17-18-8-6-5-7-9-18;1-2/h5-11,14-15,22,24-25,30H,12-13,16-17H2,1-4H3,(H,31,33);5-11,14-15,22,24,30H,12-13,16-17H2,1-4H3;1-2H3/t22-,24+,25-;22-,24-,28-;/m11./s1. The fraction of sp³-hybridized carbons (Fsp3) is 0.448. The Balaban J connectivity index is 0.000000212. The number of nitrogens with one attached hydrogen (secondary N) is 3. The van der Waals surface area contributed by atoms with Crippen LogP contribution in [0.1, 0.15) is 109 Å². The van der Waals surface area contributed by atoms with E-state index >= 15 is 0 Å². The van der Waals surface area contributed by atoms with Crippen molar-refractivity contribution in [1.82, 2.24) is 30.0 Å². The molecule has 15 nitrogen and oxygen atoms in total. The number of halogens is 2. The summed E-state index contributed by atoms with van der Waals surface area (Å²) in [5.41, 5.74) is 2.82. The predicted molar refractivity (Wildman–Crippen MR) is 283 cm³/mol. The van der Waals surface area contributed by atoms with E-state index in [0.29, 0.717) is 43.5 Å². The molecule has 2 aromatic heterocycles. The molecular formula is C58H72F2N6O9. The van der Waals surface area contributed by atoms with Gasteiger partial charge in [-0.05, 0) is 120 Å². The Morgan fingerprint density at radius 1 is 0.707 bits per heavy atom. The van der Waals surface area contributed by atoms with Gasteiger partial charge in [-0.3, -0.25) is 4.90 Å². The number of carbonyl (C=O) groups is 4. The molecule has 0 spiro atoms. The third kappa shape index (κ3) is 12.9. The molecule has 0 bridgehead atoms. The van der Waals surface area contributed by atoms with Crippen molar-refractivity contribution in [1.29, 1.82) is 0 Å². The molecule has 6 atom stereocenters. The quantitative estimate of drug-likeness (QED) is 0.113. The molecule has 4 aromatic carbocycles. The molecule has 3 N–H and O–H groups in total. The van der Waals surface area contributed by atoms with E-state index in [1.165, 1.54) is 24.3 Å². The van der Waals surface area contributed by atoms with Crippen LogP contribution in [-0.2, 0) is 36.9 Å². The minimum absolute atomic E-state index is 0.137. The van der Waals surface area contributed by atoms with E-state index in [1.54, 1.807) is 40.1 Å². The van der Waals surface area contributed by atoms with Crippen LogP contribution in [0.2, 0.25) is 0 Å². The average Bonchev–Trinajstić information content (AvgIpc) is 4.21. The Kier molecular flexibility index (Phi) is 17.5. The maximum atomic E-state index is 13.9. The third-order valence-corrected chi connectivity index (χ3v) is 13.9. The molecule has 0 radical (unpaired) electrons. The zero-order valence-electron chi connectivity index (χ0n) is 44.7. The van der Waals surface area contributed by atoms with E-state index in [-0.39, 0.29) is 55.4 Å². The van der Waals surface area contributed by atoms with Gasteiger partial charge in [-0.15, -0.1) is 0 Å². The van der Waals surface area contributed by atoms with Gasteiger partial charge in [0.05, 0.1) is 23.7 Å². The smallest absolute Gasteiger partial charge is 0.410 e. The molecular weight excluding hydrogens is 963 g/mol. The molecule has 9 rings (SSSR count). The van der Waals surface area contributed by atoms with Gasteiger partial charge in [-0.25, -0.2) is 28.0 Å². The first-order chi connectivity index (χ1) is 35.7. The lowest BCUT2D eigenvalue weighted by molar-refractivity contribution is 0.00520. The van der Waals surface area contributed by atoms with Crippen molar-refractivity contribution in [2.45, 2.75) is 135 Å². The van der Waals surface area contributed by atoms with Crippen LogP contribution >= 0.6 is 0 Å². The Labute approximate surface area is 438 Å². The van der Waals surface area contributed by atoms with Crippen molar-refractivity contribution < 1.29 is 51.6 Å². The van der Waals surface area contributed by atoms with E-state index in [9.17, 15) is 28.0 Å². The highest BCUT2D eigenvalue weighted by molar-refractivity contribution is 5.86. The van der Waals surface area contributed by atoms with Gasteiger partial charge in [0.1, 0.15) is 36.1 Å². The van der Waals surface area contributed by atoms with Crippen LogP contribution in [0.5, 0.6) is 0 Å². The number of benzene rings is 4. The van der Waals surface area contributed by atoms with Gasteiger partial charge in [0.2, 0.25) is 0 Å². The number of alkyl carbamates (subject to hydrolysis) is 1. The molecule has 4 amide bonds. The molecule has 3 aliphatic rings. The van der Waals surface area contributed by atoms with Crippen molar-refractivity contribution in [3.05, 3.63) is 143 Å². The molecule has 0 aliphatic carbocycles. The van der Waals surface area contributed by atoms with Crippen molar-refractivity contribution in [3.63, 3.8) is 0 Å². The lowest BCUT2D eigenvalue weighted by atomic mass is 9.79. The highest BCUT2D eigenvalue weighted by Gasteiger charge is 2.62. The molecule has 0 saturated carbocycles. The van der Waals surface area contributed by atoms with E-state index in [1.807, 2.05) is 129 Å². The van der Waals surface area contributed by atoms with E-state index in [4.69, 9.17) is 23.7 Å². The maximum absolute atomic E-state index is 13.9. The molecule has 3 fully saturated rings. The summed E-state index contributed by atoms with van der Waals surface area (Å²) < 4.78 is 56.1. The van der Waals surface area contributed by atoms with E-state index in [0.717, 1.165) is 33.0 Å². The van der Waals surface area contributed by atoms with E-state index in [2.05, 4.69) is 15.3 Å². The monoisotopic (exact) mass is 1030 g/mol. The molecule has 402 valence electrons. The number of aromatic nitrogens is 2. The number of ether oxygens (including phenoxy) is 5. The van der Waals surface area contributed by atoms with Crippen LogP contribution in [0, 0.1) is 11.6 Å². The normalized spacial score (nSPS) is 20.6. The van der Waals surface area contributed by atoms with Crippen molar-refractivity contribution in [3.8, 4) is 0 Å². The number of methoxy groups -OCH3 is 1. The summed E-state index contributed by atoms with van der Waals surface area (Å²) in [5, 5.41) is 4.54. The van der Waals surface area contributed by atoms with Crippen LogP contribution in [0.3, 0.4) is 0 Å². The minimum atomic E-state index is -0.725. The molecule has 3 saturated heterocycles. The topological polar surface area (TPSA) is 168 Å². The molecule has 75 heavy (non-hydrogen) atoms. The van der Waals surface area contributed by atoms with Crippen molar-refractivity contribution in [2.24, 2.45) is 0 Å². The van der Waals surface area contributed by atoms with Crippen LogP contribution in [0.4, 0.5) is 28.0 Å². The number of amides is 4. The zero-order valence-corrected chi connectivity index (χ0v) is 44.7. The van der Waals surface area contributed by atoms with Crippen LogP contribution in [-0.4, -0.2) is 117 Å². The van der Waals surface area contributed by atoms with Crippen LogP contribution in [0.15, 0.2) is 109 Å². The van der Waals surface area contributed by atoms with Gasteiger partial charge < -0.3 is 48.8 Å². The lowest BCUT2D eigenvalue weighted by Crippen LogP contribution is -2.54. The maximum Gasteiger partial charge on any atom is 0.410 e. The number of nitrogens with zero attached hydrogens (tertiary/aromatic N) is 3. The Hall–Kier alpha value is -7.14. The second-order valence-corrected chi connectivity index (χ2v) is 21.1. The van der Waals surface area contributed by atoms with Gasteiger partial charge in [0, 0.05) is 79.3 Å². The summed E-state index contributed by atoms with van der Waals surface area (Å²) in [6.07, 6.45) is 2.78. The number of rotatable bonds is 10. The fourth-order valence-electron chi connectivity index (χ4n) is 10.7. The zero-order chi connectivity index (χ0) is 54.2. The van der Waals surface area contributed by atoms with Crippen molar-refractivity contribution in [2.75, 3.05) is 33.3 Å². The average molecular weight is 1040 g/mol. The first kappa shape index (κ1) is 55.6. The summed E-state index contributed by atoms with van der Waals surface area (Å²) in [5.74, 6) is -1.29. The molecule has 17 heteroatoms. The van der Waals surface area contributed by atoms with Gasteiger partial charge >= 0.3 is 24.4 Å². The molecule has 0 unspecified atom stereocenters. The lowest BCUT2D eigenvalue weighted by Gasteiger charge is -2.40. The first-order valence-corrected chi connectivity index (χ1v) is 25.7. The number of hydrogen-bond donors (Lipinski definition) is 3. The Morgan fingerprint density at radius 3 is 1.87 bits per heavy atom. The van der Waals surface area contributed by atoms with Gasteiger partial charge in [0.15, 0.2) is 0 Å². The molecule has 3 aliphatic heterocycles. The molecule has 6 aromatic rings. The number of likely N-dealkylation sites (tertiary alicyclic amines) is 3. The van der Waals surface area contributed by atoms with Gasteiger partial charge in [0.25, 0.3) is 0 Å². The summed E-state index contributed by atoms with van der Waals surface area (Å²) in [6, 6.07) is 27.4. The highest BCUT2D eigenvalue weighted by Crippen LogP contribution is 2.51. The highest BCUT2D eigenvalue weighted by atomic mass is 19.1. The summed E-state index contributed by atoms with van der Waals surface area (Å²) in [6.45, 7) is 18.8. The Morgan fingerprint density at radius 2 is 1.27 bits per heavy atom. The van der Waals surface area contributed by atoms with E-state index < -0.39 is 47.2 Å². The number of hydrogen-bond acceptors (Lipinski definition) is 9. The van der Waals surface area contributed by atoms with Crippen LogP contribution < -0.4 is 5.32 Å². The summed E-state index contributed by atoms with van der Waals surface area (Å²) >= 11 is 0. The molecule has 5 heterocycles. The SMILES string of the molecule is CC.CC(C)(C)OC(=O)N1CC[C@H]2N(C(=O)OCc3ccccc3)C[C@H](c3c[nH]c4cc(F)ccc34)[C@]21C.CO[C@H]1CCN(C(=O)OC(C)(C)C)[C@@H]1[C@H](CNC(=O)OCc1ccccc1)c1c[nH]c2cc(F)ccc12. The number of H-pyrrole nitrogens is 2. The number of fused-ring (bicyclic) bond motifs is 3. The number of carbonyl (C=O) groups excluding carboxylic acids is 4. The van der Waals surface area contributed by atoms with Crippen LogP contribution in [0.25, 0.3) is 21.8 Å². The number of aromatic amines is 2. The summed E-state index contributed by atoms with van der Waals surface area (Å²) in [7, 11) is 1.61.